The lowest BCUT2D eigenvalue weighted by molar-refractivity contribution is 0.479. The van der Waals surface area contributed by atoms with Crippen LogP contribution < -0.4 is 5.73 Å². The van der Waals surface area contributed by atoms with Crippen LogP contribution in [-0.4, -0.2) is 31.3 Å². The number of nitrogens with zero attached hydrogens (tertiary/aromatic N) is 1. The summed E-state index contributed by atoms with van der Waals surface area (Å²) in [7, 11) is -2.14. The highest BCUT2D eigenvalue weighted by Gasteiger charge is 2.21. The molecule has 0 aliphatic carbocycles. The molecule has 0 amide bonds. The van der Waals surface area contributed by atoms with Crippen molar-refractivity contribution in [2.75, 3.05) is 13.6 Å². The van der Waals surface area contributed by atoms with Crippen LogP contribution in [0.2, 0.25) is 10.0 Å². The zero-order valence-corrected chi connectivity index (χ0v) is 12.7. The Kier molecular flexibility index (Phi) is 5.36. The van der Waals surface area contributed by atoms with E-state index in [1.165, 1.54) is 29.6 Å². The monoisotopic (exact) mass is 326 g/mol. The Morgan fingerprint density at radius 1 is 1.39 bits per heavy atom. The molecule has 0 aromatic heterocycles. The highest BCUT2D eigenvalue weighted by Crippen LogP contribution is 2.26. The third-order valence-corrected chi connectivity index (χ3v) is 5.07. The minimum atomic E-state index is -3.60. The van der Waals surface area contributed by atoms with Gasteiger partial charge in [0.1, 0.15) is 0 Å². The Morgan fingerprint density at radius 3 is 2.50 bits per heavy atom. The molecule has 0 aliphatic heterocycles. The smallest absolute Gasteiger partial charge is 0.242 e. The van der Waals surface area contributed by atoms with Gasteiger partial charge in [0, 0.05) is 20.0 Å². The summed E-state index contributed by atoms with van der Waals surface area (Å²) in [5, 5.41) is 0.502. The van der Waals surface area contributed by atoms with Gasteiger partial charge in [-0.3, -0.25) is 0 Å². The molecule has 0 saturated carbocycles. The van der Waals surface area contributed by atoms with Gasteiger partial charge in [0.05, 0.1) is 19.9 Å². The van der Waals surface area contributed by atoms with E-state index in [0.29, 0.717) is 11.4 Å². The molecule has 0 fully saturated rings. The first-order chi connectivity index (χ1) is 8.25. The average molecular weight is 327 g/mol. The highest BCUT2D eigenvalue weighted by atomic mass is 35.5. The summed E-state index contributed by atoms with van der Waals surface area (Å²) in [5.74, 6) is 0. The summed E-state index contributed by atoms with van der Waals surface area (Å²) in [6, 6.07) is 4.16. The Bertz CT molecular complexity index is 561. The molecule has 8 heteroatoms. The third kappa shape index (κ3) is 3.80. The predicted molar refractivity (Wildman–Crippen MR) is 77.7 cm³/mol. The highest BCUT2D eigenvalue weighted by molar-refractivity contribution is 7.89. The summed E-state index contributed by atoms with van der Waals surface area (Å²) < 4.78 is 25.5. The van der Waals surface area contributed by atoms with Crippen LogP contribution in [0.5, 0.6) is 0 Å². The minimum Gasteiger partial charge on any atom is -0.393 e. The topological polar surface area (TPSA) is 63.4 Å². The molecule has 0 unspecified atom stereocenters. The minimum absolute atomic E-state index is 0.0855. The van der Waals surface area contributed by atoms with E-state index in [9.17, 15) is 8.42 Å². The number of hydrogen-bond donors (Lipinski definition) is 1. The number of rotatable bonds is 5. The normalized spacial score (nSPS) is 11.8. The van der Waals surface area contributed by atoms with E-state index in [0.717, 1.165) is 0 Å². The summed E-state index contributed by atoms with van der Waals surface area (Å²) >= 11 is 16.2. The van der Waals surface area contributed by atoms with Crippen LogP contribution in [0.3, 0.4) is 0 Å². The number of sulfonamides is 1. The molecule has 1 rings (SSSR count). The maximum atomic E-state index is 12.1. The molecular formula is C10H12Cl2N2O2S2. The second kappa shape index (κ2) is 6.16. The number of halogens is 2. The van der Waals surface area contributed by atoms with Crippen LogP contribution >= 0.6 is 35.4 Å². The number of nitrogens with two attached hydrogens (primary N) is 1. The van der Waals surface area contributed by atoms with Gasteiger partial charge in [0.25, 0.3) is 0 Å². The van der Waals surface area contributed by atoms with Crippen LogP contribution in [-0.2, 0) is 10.0 Å². The molecule has 1 aromatic rings. The molecule has 2 N–H and O–H groups in total. The van der Waals surface area contributed by atoms with Crippen molar-refractivity contribution in [2.24, 2.45) is 5.73 Å². The second-order valence-corrected chi connectivity index (χ2v) is 7.00. The largest absolute Gasteiger partial charge is 0.393 e. The summed E-state index contributed by atoms with van der Waals surface area (Å²) in [6.45, 7) is 0.220. The predicted octanol–water partition coefficient (Wildman–Crippen LogP) is 2.29. The fraction of sp³-hybridized carbons (Fsp3) is 0.300. The van der Waals surface area contributed by atoms with Crippen molar-refractivity contribution in [3.63, 3.8) is 0 Å². The Labute approximate surface area is 122 Å². The molecule has 4 nitrogen and oxygen atoms in total. The Balaban J connectivity index is 2.98. The van der Waals surface area contributed by atoms with Crippen LogP contribution in [0.25, 0.3) is 0 Å². The van der Waals surface area contributed by atoms with Crippen molar-refractivity contribution in [1.29, 1.82) is 0 Å². The first kappa shape index (κ1) is 15.7. The molecule has 0 saturated heterocycles. The van der Waals surface area contributed by atoms with Crippen molar-refractivity contribution < 1.29 is 8.42 Å². The Morgan fingerprint density at radius 2 is 2.00 bits per heavy atom. The third-order valence-electron chi connectivity index (χ3n) is 2.27. The summed E-state index contributed by atoms with van der Waals surface area (Å²) in [6.07, 6.45) is 0.326. The van der Waals surface area contributed by atoms with E-state index in [1.807, 2.05) is 0 Å². The zero-order valence-electron chi connectivity index (χ0n) is 9.56. The molecule has 0 bridgehead atoms. The standard InChI is InChI=1S/C10H12Cl2N2O2S2/c1-14(5-4-10(13)17)18(15,16)7-2-3-8(11)9(12)6-7/h2-3,6H,4-5H2,1H3,(H2,13,17). The zero-order chi connectivity index (χ0) is 13.9. The fourth-order valence-electron chi connectivity index (χ4n) is 1.21. The van der Waals surface area contributed by atoms with Gasteiger partial charge in [-0.05, 0) is 18.2 Å². The number of thiocarbonyl (C=S) groups is 1. The van der Waals surface area contributed by atoms with Gasteiger partial charge in [-0.25, -0.2) is 12.7 Å². The Hall–Kier alpha value is -0.400. The second-order valence-electron chi connectivity index (χ2n) is 3.62. The fourth-order valence-corrected chi connectivity index (χ4v) is 2.86. The van der Waals surface area contributed by atoms with Gasteiger partial charge in [-0.1, -0.05) is 35.4 Å². The lowest BCUT2D eigenvalue weighted by Crippen LogP contribution is -2.30. The number of benzene rings is 1. The lowest BCUT2D eigenvalue weighted by Gasteiger charge is -2.17. The van der Waals surface area contributed by atoms with E-state index in [2.05, 4.69) is 0 Å². The summed E-state index contributed by atoms with van der Waals surface area (Å²) in [5.41, 5.74) is 5.34. The van der Waals surface area contributed by atoms with E-state index in [4.69, 9.17) is 41.2 Å². The maximum absolute atomic E-state index is 12.1. The molecule has 18 heavy (non-hydrogen) atoms. The van der Waals surface area contributed by atoms with Crippen molar-refractivity contribution >= 4 is 50.4 Å². The molecule has 0 spiro atoms. The van der Waals surface area contributed by atoms with E-state index in [1.54, 1.807) is 0 Å². The van der Waals surface area contributed by atoms with Crippen molar-refractivity contribution in [2.45, 2.75) is 11.3 Å². The quantitative estimate of drug-likeness (QED) is 0.843. The molecule has 0 atom stereocenters. The van der Waals surface area contributed by atoms with Gasteiger partial charge in [0.15, 0.2) is 0 Å². The molecule has 100 valence electrons. The first-order valence-corrected chi connectivity index (χ1v) is 7.55. The molecule has 0 radical (unpaired) electrons. The maximum Gasteiger partial charge on any atom is 0.242 e. The lowest BCUT2D eigenvalue weighted by atomic mass is 10.4. The van der Waals surface area contributed by atoms with Gasteiger partial charge in [0.2, 0.25) is 10.0 Å². The van der Waals surface area contributed by atoms with E-state index >= 15 is 0 Å². The van der Waals surface area contributed by atoms with Gasteiger partial charge < -0.3 is 5.73 Å². The van der Waals surface area contributed by atoms with Crippen molar-refractivity contribution in [3.05, 3.63) is 28.2 Å². The van der Waals surface area contributed by atoms with Crippen LogP contribution in [0.1, 0.15) is 6.42 Å². The van der Waals surface area contributed by atoms with Gasteiger partial charge >= 0.3 is 0 Å². The van der Waals surface area contributed by atoms with Crippen LogP contribution in [0.4, 0.5) is 0 Å². The SMILES string of the molecule is CN(CCC(N)=S)S(=O)(=O)c1ccc(Cl)c(Cl)c1. The average Bonchev–Trinajstić information content (AvgIpc) is 2.29. The van der Waals surface area contributed by atoms with E-state index < -0.39 is 10.0 Å². The summed E-state index contributed by atoms with van der Waals surface area (Å²) in [4.78, 5) is 0.355. The molecular weight excluding hydrogens is 315 g/mol. The first-order valence-electron chi connectivity index (χ1n) is 4.95. The van der Waals surface area contributed by atoms with Crippen LogP contribution in [0.15, 0.2) is 23.1 Å². The van der Waals surface area contributed by atoms with Crippen molar-refractivity contribution in [3.8, 4) is 0 Å². The van der Waals surface area contributed by atoms with Crippen molar-refractivity contribution in [1.82, 2.24) is 4.31 Å². The van der Waals surface area contributed by atoms with E-state index in [-0.39, 0.29) is 21.5 Å². The molecule has 0 aliphatic rings. The van der Waals surface area contributed by atoms with Gasteiger partial charge in [-0.15, -0.1) is 0 Å². The van der Waals surface area contributed by atoms with Gasteiger partial charge in [-0.2, -0.15) is 0 Å². The molecule has 0 heterocycles. The number of hydrogen-bond acceptors (Lipinski definition) is 3. The van der Waals surface area contributed by atoms with Crippen LogP contribution in [0, 0.1) is 0 Å². The molecule has 1 aromatic carbocycles.